The van der Waals surface area contributed by atoms with E-state index in [1.165, 1.54) is 17.3 Å². The first kappa shape index (κ1) is 15.6. The van der Waals surface area contributed by atoms with Crippen LogP contribution in [0, 0.1) is 0 Å². The van der Waals surface area contributed by atoms with Gasteiger partial charge < -0.3 is 14.6 Å². The molecule has 25 heavy (non-hydrogen) atoms. The van der Waals surface area contributed by atoms with Crippen LogP contribution in [0.4, 0.5) is 5.82 Å². The molecule has 128 valence electrons. The predicted molar refractivity (Wildman–Crippen MR) is 96.5 cm³/mol. The number of hydrogen-bond donors (Lipinski definition) is 1. The zero-order valence-electron chi connectivity index (χ0n) is 14.3. The van der Waals surface area contributed by atoms with Gasteiger partial charge in [0, 0.05) is 43.4 Å². The Balaban J connectivity index is 1.75. The molecule has 0 amide bonds. The third-order valence-corrected chi connectivity index (χ3v) is 4.32. The Morgan fingerprint density at radius 1 is 1.28 bits per heavy atom. The Morgan fingerprint density at radius 3 is 3.00 bits per heavy atom. The number of nitrogens with zero attached hydrogens (tertiary/aromatic N) is 5. The Labute approximate surface area is 145 Å². The SMILES string of the molecule is CCN(Cc1c[nH]c2ccccc12)c1cc(COC)nc2ncnn12. The molecule has 0 radical (unpaired) electrons. The average molecular weight is 336 g/mol. The zero-order valence-corrected chi connectivity index (χ0v) is 14.3. The lowest BCUT2D eigenvalue weighted by molar-refractivity contribution is 0.181. The number of anilines is 1. The van der Waals surface area contributed by atoms with Gasteiger partial charge in [-0.05, 0) is 18.6 Å². The van der Waals surface area contributed by atoms with Crippen molar-refractivity contribution in [3.63, 3.8) is 0 Å². The molecule has 0 aliphatic carbocycles. The molecule has 0 aliphatic heterocycles. The van der Waals surface area contributed by atoms with Crippen LogP contribution < -0.4 is 4.90 Å². The van der Waals surface area contributed by atoms with E-state index in [0.717, 1.165) is 30.1 Å². The third kappa shape index (κ3) is 2.83. The van der Waals surface area contributed by atoms with Gasteiger partial charge in [0.25, 0.3) is 5.78 Å². The van der Waals surface area contributed by atoms with Gasteiger partial charge in [-0.1, -0.05) is 18.2 Å². The normalized spacial score (nSPS) is 11.4. The van der Waals surface area contributed by atoms with E-state index in [9.17, 15) is 0 Å². The molecule has 0 saturated carbocycles. The lowest BCUT2D eigenvalue weighted by Crippen LogP contribution is -2.25. The summed E-state index contributed by atoms with van der Waals surface area (Å²) in [4.78, 5) is 14.3. The Hall–Kier alpha value is -2.93. The summed E-state index contributed by atoms with van der Waals surface area (Å²) in [6.07, 6.45) is 3.60. The highest BCUT2D eigenvalue weighted by atomic mass is 16.5. The van der Waals surface area contributed by atoms with E-state index >= 15 is 0 Å². The summed E-state index contributed by atoms with van der Waals surface area (Å²) in [6.45, 7) is 4.19. The van der Waals surface area contributed by atoms with E-state index < -0.39 is 0 Å². The van der Waals surface area contributed by atoms with Crippen LogP contribution >= 0.6 is 0 Å². The van der Waals surface area contributed by atoms with E-state index in [1.807, 2.05) is 12.1 Å². The summed E-state index contributed by atoms with van der Waals surface area (Å²) >= 11 is 0. The molecule has 4 aromatic rings. The number of methoxy groups -OCH3 is 1. The van der Waals surface area contributed by atoms with Crippen LogP contribution in [0.25, 0.3) is 16.7 Å². The minimum absolute atomic E-state index is 0.445. The van der Waals surface area contributed by atoms with Gasteiger partial charge in [0.1, 0.15) is 12.1 Å². The maximum absolute atomic E-state index is 5.24. The Kier molecular flexibility index (Phi) is 4.07. The van der Waals surface area contributed by atoms with Crippen molar-refractivity contribution in [3.8, 4) is 0 Å². The summed E-state index contributed by atoms with van der Waals surface area (Å²) in [7, 11) is 1.67. The second-order valence-electron chi connectivity index (χ2n) is 5.88. The van der Waals surface area contributed by atoms with Crippen LogP contribution in [0.2, 0.25) is 0 Å². The number of ether oxygens (including phenoxy) is 1. The number of rotatable bonds is 6. The fourth-order valence-corrected chi connectivity index (χ4v) is 3.11. The second kappa shape index (κ2) is 6.52. The van der Waals surface area contributed by atoms with Crippen molar-refractivity contribution in [3.05, 3.63) is 54.1 Å². The maximum atomic E-state index is 5.24. The molecule has 0 saturated heterocycles. The smallest absolute Gasteiger partial charge is 0.254 e. The molecule has 0 unspecified atom stereocenters. The monoisotopic (exact) mass is 336 g/mol. The fraction of sp³-hybridized carbons (Fsp3) is 0.278. The van der Waals surface area contributed by atoms with Crippen molar-refractivity contribution in [1.82, 2.24) is 24.6 Å². The van der Waals surface area contributed by atoms with E-state index in [-0.39, 0.29) is 0 Å². The number of aromatic amines is 1. The van der Waals surface area contributed by atoms with Crippen LogP contribution in [-0.2, 0) is 17.9 Å². The molecule has 0 bridgehead atoms. The van der Waals surface area contributed by atoms with Crippen LogP contribution in [0.15, 0.2) is 42.9 Å². The molecule has 1 N–H and O–H groups in total. The molecule has 7 nitrogen and oxygen atoms in total. The minimum atomic E-state index is 0.445. The summed E-state index contributed by atoms with van der Waals surface area (Å²) < 4.78 is 7.02. The molecular formula is C18H20N6O. The minimum Gasteiger partial charge on any atom is -0.378 e. The maximum Gasteiger partial charge on any atom is 0.254 e. The number of aromatic nitrogens is 5. The fourth-order valence-electron chi connectivity index (χ4n) is 3.11. The van der Waals surface area contributed by atoms with Gasteiger partial charge in [-0.15, -0.1) is 0 Å². The Morgan fingerprint density at radius 2 is 2.16 bits per heavy atom. The topological polar surface area (TPSA) is 71.3 Å². The largest absolute Gasteiger partial charge is 0.378 e. The number of benzene rings is 1. The van der Waals surface area contributed by atoms with Crippen LogP contribution in [0.1, 0.15) is 18.2 Å². The highest BCUT2D eigenvalue weighted by Gasteiger charge is 2.15. The van der Waals surface area contributed by atoms with Gasteiger partial charge in [-0.25, -0.2) is 4.98 Å². The number of H-pyrrole nitrogens is 1. The van der Waals surface area contributed by atoms with E-state index in [1.54, 1.807) is 11.6 Å². The first-order valence-electron chi connectivity index (χ1n) is 8.28. The summed E-state index contributed by atoms with van der Waals surface area (Å²) in [6, 6.07) is 10.4. The van der Waals surface area contributed by atoms with Crippen molar-refractivity contribution in [2.45, 2.75) is 20.1 Å². The molecule has 4 rings (SSSR count). The van der Waals surface area contributed by atoms with Gasteiger partial charge in [0.2, 0.25) is 0 Å². The van der Waals surface area contributed by atoms with E-state index in [2.05, 4.69) is 56.3 Å². The standard InChI is InChI=1S/C18H20N6O/c1-3-23(10-13-9-19-16-7-5-4-6-15(13)16)17-8-14(11-25-2)22-18-20-12-21-24(17)18/h4-9,12,19H,3,10-11H2,1-2H3. The van der Waals surface area contributed by atoms with Crippen LogP contribution in [-0.4, -0.2) is 38.2 Å². The number of hydrogen-bond acceptors (Lipinski definition) is 5. The second-order valence-corrected chi connectivity index (χ2v) is 5.88. The number of fused-ring (bicyclic) bond motifs is 2. The Bertz CT molecular complexity index is 1010. The van der Waals surface area contributed by atoms with Crippen molar-refractivity contribution in [2.75, 3.05) is 18.6 Å². The van der Waals surface area contributed by atoms with Gasteiger partial charge in [0.15, 0.2) is 0 Å². The van der Waals surface area contributed by atoms with E-state index in [4.69, 9.17) is 4.74 Å². The van der Waals surface area contributed by atoms with Crippen molar-refractivity contribution in [2.24, 2.45) is 0 Å². The lowest BCUT2D eigenvalue weighted by Gasteiger charge is -2.23. The van der Waals surface area contributed by atoms with Gasteiger partial charge in [0.05, 0.1) is 12.3 Å². The molecule has 3 heterocycles. The van der Waals surface area contributed by atoms with Crippen LogP contribution in [0.5, 0.6) is 0 Å². The molecule has 3 aromatic heterocycles. The number of para-hydroxylation sites is 1. The zero-order chi connectivity index (χ0) is 17.2. The highest BCUT2D eigenvalue weighted by Crippen LogP contribution is 2.23. The molecular weight excluding hydrogens is 316 g/mol. The molecule has 7 heteroatoms. The summed E-state index contributed by atoms with van der Waals surface area (Å²) in [5.41, 5.74) is 3.24. The molecule has 0 fully saturated rings. The molecule has 0 spiro atoms. The van der Waals surface area contributed by atoms with Crippen LogP contribution in [0.3, 0.4) is 0 Å². The third-order valence-electron chi connectivity index (χ3n) is 4.32. The van der Waals surface area contributed by atoms with Gasteiger partial charge >= 0.3 is 0 Å². The lowest BCUT2D eigenvalue weighted by atomic mass is 10.1. The van der Waals surface area contributed by atoms with Crippen molar-refractivity contribution < 1.29 is 4.74 Å². The first-order valence-corrected chi connectivity index (χ1v) is 8.28. The van der Waals surface area contributed by atoms with Crippen molar-refractivity contribution in [1.29, 1.82) is 0 Å². The average Bonchev–Trinajstić information content (AvgIpc) is 3.26. The molecule has 0 aliphatic rings. The molecule has 1 aromatic carbocycles. The highest BCUT2D eigenvalue weighted by molar-refractivity contribution is 5.83. The van der Waals surface area contributed by atoms with E-state index in [0.29, 0.717) is 12.4 Å². The molecule has 0 atom stereocenters. The summed E-state index contributed by atoms with van der Waals surface area (Å²) in [5, 5.41) is 5.57. The number of nitrogens with one attached hydrogen (secondary N) is 1. The first-order chi connectivity index (χ1) is 12.3. The van der Waals surface area contributed by atoms with Gasteiger partial charge in [-0.2, -0.15) is 14.6 Å². The predicted octanol–water partition coefficient (Wildman–Crippen LogP) is 2.78. The summed E-state index contributed by atoms with van der Waals surface area (Å²) in [5.74, 6) is 1.55. The quantitative estimate of drug-likeness (QED) is 0.586. The van der Waals surface area contributed by atoms with Gasteiger partial charge in [-0.3, -0.25) is 0 Å². The van der Waals surface area contributed by atoms with Crippen molar-refractivity contribution >= 4 is 22.5 Å².